The summed E-state index contributed by atoms with van der Waals surface area (Å²) in [6, 6.07) is 0. The maximum Gasteiger partial charge on any atom is 0.232 e. The van der Waals surface area contributed by atoms with E-state index in [0.717, 1.165) is 51.4 Å². The fourth-order valence-electron chi connectivity index (χ4n) is 3.62. The molecule has 2 atom stereocenters. The molecule has 25 heavy (non-hydrogen) atoms. The first-order valence-corrected chi connectivity index (χ1v) is 10.4. The van der Waals surface area contributed by atoms with E-state index in [9.17, 15) is 14.4 Å². The molecule has 0 aromatic rings. The number of ketones is 1. The van der Waals surface area contributed by atoms with E-state index in [1.165, 1.54) is 17.7 Å². The standard InChI is InChI=1S/C21H37NO3/c1-4-6-7-9-13-18-16-20(24)22(21(18)25)15-11-8-10-14-19(23)17(3)12-5-2/h17-18H,4-16H2,1-3H3. The highest BCUT2D eigenvalue weighted by molar-refractivity contribution is 6.03. The Morgan fingerprint density at radius 3 is 2.44 bits per heavy atom. The van der Waals surface area contributed by atoms with Crippen LogP contribution in [0, 0.1) is 11.8 Å². The number of Topliss-reactive ketones (excluding diaryl/α,β-unsaturated/α-hetero) is 1. The zero-order valence-electron chi connectivity index (χ0n) is 16.5. The van der Waals surface area contributed by atoms with Crippen LogP contribution >= 0.6 is 0 Å². The molecule has 4 heteroatoms. The van der Waals surface area contributed by atoms with Crippen molar-refractivity contribution in [3.8, 4) is 0 Å². The highest BCUT2D eigenvalue weighted by atomic mass is 16.2. The van der Waals surface area contributed by atoms with Gasteiger partial charge >= 0.3 is 0 Å². The lowest BCUT2D eigenvalue weighted by molar-refractivity contribution is -0.139. The number of rotatable bonds is 14. The van der Waals surface area contributed by atoms with Crippen LogP contribution in [0.5, 0.6) is 0 Å². The molecule has 1 rings (SSSR count). The number of unbranched alkanes of at least 4 members (excludes halogenated alkanes) is 5. The Morgan fingerprint density at radius 2 is 1.76 bits per heavy atom. The zero-order valence-corrected chi connectivity index (χ0v) is 16.5. The lowest BCUT2D eigenvalue weighted by Crippen LogP contribution is -2.31. The smallest absolute Gasteiger partial charge is 0.232 e. The molecular formula is C21H37NO3. The predicted octanol–water partition coefficient (Wildman–Crippen LogP) is 4.90. The van der Waals surface area contributed by atoms with Crippen LogP contribution in [-0.2, 0) is 14.4 Å². The summed E-state index contributed by atoms with van der Waals surface area (Å²) in [7, 11) is 0. The van der Waals surface area contributed by atoms with E-state index < -0.39 is 0 Å². The Morgan fingerprint density at radius 1 is 1.04 bits per heavy atom. The number of imide groups is 1. The topological polar surface area (TPSA) is 54.5 Å². The van der Waals surface area contributed by atoms with E-state index in [1.54, 1.807) is 0 Å². The van der Waals surface area contributed by atoms with Gasteiger partial charge in [0.05, 0.1) is 0 Å². The summed E-state index contributed by atoms with van der Waals surface area (Å²) in [6.45, 7) is 6.81. The van der Waals surface area contributed by atoms with E-state index in [0.29, 0.717) is 25.2 Å². The number of hydrogen-bond acceptors (Lipinski definition) is 3. The van der Waals surface area contributed by atoms with Crippen molar-refractivity contribution in [3.63, 3.8) is 0 Å². The van der Waals surface area contributed by atoms with Crippen molar-refractivity contribution in [2.45, 2.75) is 97.8 Å². The van der Waals surface area contributed by atoms with Crippen molar-refractivity contribution in [1.82, 2.24) is 4.90 Å². The third-order valence-corrected chi connectivity index (χ3v) is 5.32. The van der Waals surface area contributed by atoms with E-state index in [4.69, 9.17) is 0 Å². The molecule has 0 N–H and O–H groups in total. The summed E-state index contributed by atoms with van der Waals surface area (Å²) in [4.78, 5) is 37.8. The average molecular weight is 352 g/mol. The van der Waals surface area contributed by atoms with Crippen molar-refractivity contribution in [2.24, 2.45) is 11.8 Å². The third-order valence-electron chi connectivity index (χ3n) is 5.32. The van der Waals surface area contributed by atoms with Crippen molar-refractivity contribution >= 4 is 17.6 Å². The Labute approximate surface area is 153 Å². The summed E-state index contributed by atoms with van der Waals surface area (Å²) < 4.78 is 0. The zero-order chi connectivity index (χ0) is 18.7. The molecular weight excluding hydrogens is 314 g/mol. The molecule has 0 bridgehead atoms. The van der Waals surface area contributed by atoms with Crippen LogP contribution in [0.15, 0.2) is 0 Å². The van der Waals surface area contributed by atoms with Crippen molar-refractivity contribution in [3.05, 3.63) is 0 Å². The normalized spacial score (nSPS) is 18.8. The maximum atomic E-state index is 12.4. The van der Waals surface area contributed by atoms with Gasteiger partial charge in [0.2, 0.25) is 11.8 Å². The summed E-state index contributed by atoms with van der Waals surface area (Å²) in [5.41, 5.74) is 0. The van der Waals surface area contributed by atoms with Crippen LogP contribution in [0.2, 0.25) is 0 Å². The summed E-state index contributed by atoms with van der Waals surface area (Å²) in [6.07, 6.45) is 11.1. The molecule has 1 aliphatic rings. The first kappa shape index (κ1) is 21.9. The van der Waals surface area contributed by atoms with Gasteiger partial charge < -0.3 is 0 Å². The minimum atomic E-state index is -0.0826. The highest BCUT2D eigenvalue weighted by Gasteiger charge is 2.37. The van der Waals surface area contributed by atoms with Gasteiger partial charge in [-0.3, -0.25) is 19.3 Å². The molecule has 0 aliphatic carbocycles. The molecule has 1 heterocycles. The van der Waals surface area contributed by atoms with Gasteiger partial charge in [0.1, 0.15) is 5.78 Å². The lowest BCUT2D eigenvalue weighted by atomic mass is 9.97. The Balaban J connectivity index is 2.20. The number of amides is 2. The fourth-order valence-corrected chi connectivity index (χ4v) is 3.62. The Hall–Kier alpha value is -1.19. The van der Waals surface area contributed by atoms with Gasteiger partial charge in [-0.05, 0) is 25.7 Å². The van der Waals surface area contributed by atoms with Gasteiger partial charge in [0.15, 0.2) is 0 Å². The van der Waals surface area contributed by atoms with Crippen molar-refractivity contribution < 1.29 is 14.4 Å². The second-order valence-corrected chi connectivity index (χ2v) is 7.60. The molecule has 0 saturated carbocycles. The largest absolute Gasteiger partial charge is 0.299 e. The van der Waals surface area contributed by atoms with Crippen LogP contribution < -0.4 is 0 Å². The summed E-state index contributed by atoms with van der Waals surface area (Å²) in [5.74, 6) is 0.468. The highest BCUT2D eigenvalue weighted by Crippen LogP contribution is 2.25. The van der Waals surface area contributed by atoms with E-state index in [-0.39, 0.29) is 23.7 Å². The van der Waals surface area contributed by atoms with Crippen molar-refractivity contribution in [1.29, 1.82) is 0 Å². The van der Waals surface area contributed by atoms with Gasteiger partial charge in [-0.15, -0.1) is 0 Å². The van der Waals surface area contributed by atoms with Crippen LogP contribution in [0.3, 0.4) is 0 Å². The third kappa shape index (κ3) is 7.70. The molecule has 4 nitrogen and oxygen atoms in total. The van der Waals surface area contributed by atoms with Crippen LogP contribution in [0.1, 0.15) is 97.8 Å². The van der Waals surface area contributed by atoms with Crippen LogP contribution in [-0.4, -0.2) is 29.0 Å². The van der Waals surface area contributed by atoms with Gasteiger partial charge in [-0.1, -0.05) is 59.3 Å². The molecule has 2 amide bonds. The lowest BCUT2D eigenvalue weighted by Gasteiger charge is -2.15. The van der Waals surface area contributed by atoms with Crippen molar-refractivity contribution in [2.75, 3.05) is 6.54 Å². The maximum absolute atomic E-state index is 12.4. The number of likely N-dealkylation sites (tertiary alicyclic amines) is 1. The van der Waals surface area contributed by atoms with Crippen LogP contribution in [0.4, 0.5) is 0 Å². The number of carbonyl (C=O) groups is 3. The van der Waals surface area contributed by atoms with E-state index >= 15 is 0 Å². The molecule has 144 valence electrons. The Kier molecular flexibility index (Phi) is 10.7. The van der Waals surface area contributed by atoms with E-state index in [1.807, 2.05) is 6.92 Å². The fraction of sp³-hybridized carbons (Fsp3) is 0.857. The van der Waals surface area contributed by atoms with Crippen LogP contribution in [0.25, 0.3) is 0 Å². The van der Waals surface area contributed by atoms with E-state index in [2.05, 4.69) is 13.8 Å². The number of carbonyl (C=O) groups excluding carboxylic acids is 3. The summed E-state index contributed by atoms with van der Waals surface area (Å²) >= 11 is 0. The van der Waals surface area contributed by atoms with Gasteiger partial charge in [-0.25, -0.2) is 0 Å². The molecule has 2 unspecified atom stereocenters. The monoisotopic (exact) mass is 351 g/mol. The van der Waals surface area contributed by atoms with Gasteiger partial charge in [0, 0.05) is 31.2 Å². The minimum absolute atomic E-state index is 0.00173. The SMILES string of the molecule is CCCCCCC1CC(=O)N(CCCCCC(=O)C(C)CCC)C1=O. The quantitative estimate of drug-likeness (QED) is 0.330. The Bertz CT molecular complexity index is 433. The predicted molar refractivity (Wildman–Crippen MR) is 101 cm³/mol. The minimum Gasteiger partial charge on any atom is -0.299 e. The molecule has 1 aliphatic heterocycles. The molecule has 0 radical (unpaired) electrons. The molecule has 0 aromatic heterocycles. The van der Waals surface area contributed by atoms with Gasteiger partial charge in [0.25, 0.3) is 0 Å². The number of hydrogen-bond donors (Lipinski definition) is 0. The second-order valence-electron chi connectivity index (χ2n) is 7.60. The first-order valence-electron chi connectivity index (χ1n) is 10.4. The molecule has 0 aromatic carbocycles. The number of nitrogens with zero attached hydrogens (tertiary/aromatic N) is 1. The average Bonchev–Trinajstić information content (AvgIpc) is 2.85. The second kappa shape index (κ2) is 12.2. The summed E-state index contributed by atoms with van der Waals surface area (Å²) in [5, 5.41) is 0. The molecule has 0 spiro atoms. The molecule has 1 saturated heterocycles. The van der Waals surface area contributed by atoms with Gasteiger partial charge in [-0.2, -0.15) is 0 Å². The first-order chi connectivity index (χ1) is 12.0. The molecule has 1 fully saturated rings.